The first-order valence-corrected chi connectivity index (χ1v) is 8.89. The number of hydrogen-bond acceptors (Lipinski definition) is 6. The van der Waals surface area contributed by atoms with Crippen molar-refractivity contribution in [1.82, 2.24) is 20.5 Å². The number of amides is 3. The van der Waals surface area contributed by atoms with E-state index in [1.54, 1.807) is 11.3 Å². The van der Waals surface area contributed by atoms with Crippen LogP contribution >= 0.6 is 11.3 Å². The quantitative estimate of drug-likeness (QED) is 0.862. The molecule has 8 heteroatoms. The van der Waals surface area contributed by atoms with E-state index >= 15 is 0 Å². The normalized spacial score (nSPS) is 17.4. The largest absolute Gasteiger partial charge is 0.347 e. The molecule has 0 spiro atoms. The van der Waals surface area contributed by atoms with Crippen molar-refractivity contribution in [3.05, 3.63) is 11.1 Å². The number of carbonyl (C=O) groups is 2. The lowest BCUT2D eigenvalue weighted by Crippen LogP contribution is -2.50. The van der Waals surface area contributed by atoms with Crippen molar-refractivity contribution in [3.8, 4) is 0 Å². The van der Waals surface area contributed by atoms with E-state index in [0.29, 0.717) is 6.54 Å². The molecule has 128 valence electrons. The number of aryl methyl sites for hydroxylation is 1. The Bertz CT molecular complexity index is 548. The van der Waals surface area contributed by atoms with Crippen LogP contribution in [0.4, 0.5) is 9.93 Å². The standard InChI is InChI=1S/C15H25N5O2S/c1-4-16-14(22)18-13(21)12(3)19-6-5-7-20(9-8-19)15-17-11(2)10-23-15/h10,12H,4-9H2,1-3H3,(H2,16,18,21,22)/t12-/m1/s1. The first-order chi connectivity index (χ1) is 11.0. The molecule has 0 unspecified atom stereocenters. The Kier molecular flexibility index (Phi) is 6.35. The summed E-state index contributed by atoms with van der Waals surface area (Å²) in [6.45, 7) is 9.56. The van der Waals surface area contributed by atoms with E-state index in [0.717, 1.165) is 43.4 Å². The Morgan fingerprint density at radius 3 is 2.78 bits per heavy atom. The number of imide groups is 1. The molecule has 23 heavy (non-hydrogen) atoms. The zero-order valence-corrected chi connectivity index (χ0v) is 14.8. The molecule has 0 aromatic carbocycles. The Morgan fingerprint density at radius 1 is 1.35 bits per heavy atom. The molecule has 7 nitrogen and oxygen atoms in total. The highest BCUT2D eigenvalue weighted by atomic mass is 32.1. The number of carbonyl (C=O) groups excluding carboxylic acids is 2. The van der Waals surface area contributed by atoms with E-state index in [2.05, 4.69) is 30.8 Å². The summed E-state index contributed by atoms with van der Waals surface area (Å²) in [6, 6.07) is -0.755. The van der Waals surface area contributed by atoms with Crippen LogP contribution in [0.15, 0.2) is 5.38 Å². The number of nitrogens with one attached hydrogen (secondary N) is 2. The third-order valence-corrected chi connectivity index (χ3v) is 4.93. The van der Waals surface area contributed by atoms with Crippen LogP contribution in [0.3, 0.4) is 0 Å². The zero-order chi connectivity index (χ0) is 16.8. The summed E-state index contributed by atoms with van der Waals surface area (Å²) in [4.78, 5) is 32.6. The third kappa shape index (κ3) is 4.90. The molecule has 2 heterocycles. The van der Waals surface area contributed by atoms with Crippen LogP contribution in [0.2, 0.25) is 0 Å². The number of thiazole rings is 1. The minimum atomic E-state index is -0.431. The fraction of sp³-hybridized carbons (Fsp3) is 0.667. The van der Waals surface area contributed by atoms with Crippen LogP contribution in [-0.2, 0) is 4.79 Å². The zero-order valence-electron chi connectivity index (χ0n) is 14.0. The van der Waals surface area contributed by atoms with Gasteiger partial charge in [0.15, 0.2) is 5.13 Å². The van der Waals surface area contributed by atoms with E-state index < -0.39 is 6.03 Å². The lowest BCUT2D eigenvalue weighted by atomic mass is 10.2. The molecule has 0 aliphatic carbocycles. The van der Waals surface area contributed by atoms with Gasteiger partial charge in [-0.1, -0.05) is 0 Å². The molecule has 1 fully saturated rings. The number of anilines is 1. The van der Waals surface area contributed by atoms with Gasteiger partial charge in [0.1, 0.15) is 0 Å². The smallest absolute Gasteiger partial charge is 0.321 e. The number of urea groups is 1. The second-order valence-electron chi connectivity index (χ2n) is 5.67. The van der Waals surface area contributed by atoms with Gasteiger partial charge in [-0.25, -0.2) is 9.78 Å². The van der Waals surface area contributed by atoms with Crippen LogP contribution in [0.25, 0.3) is 0 Å². The molecule has 2 N–H and O–H groups in total. The van der Waals surface area contributed by atoms with Gasteiger partial charge in [0.05, 0.1) is 11.7 Å². The highest BCUT2D eigenvalue weighted by Crippen LogP contribution is 2.21. The van der Waals surface area contributed by atoms with Crippen LogP contribution in [0.1, 0.15) is 26.0 Å². The highest BCUT2D eigenvalue weighted by molar-refractivity contribution is 7.13. The summed E-state index contributed by atoms with van der Waals surface area (Å²) in [5, 5.41) is 8.06. The SMILES string of the molecule is CCNC(=O)NC(=O)[C@@H](C)N1CCCN(c2nc(C)cs2)CC1. The molecular formula is C15H25N5O2S. The van der Waals surface area contributed by atoms with Crippen molar-refractivity contribution in [1.29, 1.82) is 0 Å². The molecule has 0 radical (unpaired) electrons. The van der Waals surface area contributed by atoms with Gasteiger partial charge in [0.25, 0.3) is 0 Å². The third-order valence-electron chi connectivity index (χ3n) is 3.91. The average Bonchev–Trinajstić information content (AvgIpc) is 2.80. The summed E-state index contributed by atoms with van der Waals surface area (Å²) in [5.41, 5.74) is 1.04. The van der Waals surface area contributed by atoms with Crippen LogP contribution in [0.5, 0.6) is 0 Å². The summed E-state index contributed by atoms with van der Waals surface area (Å²) in [5.74, 6) is -0.255. The molecule has 1 aliphatic rings. The molecule has 1 saturated heterocycles. The van der Waals surface area contributed by atoms with Crippen LogP contribution in [-0.4, -0.2) is 60.6 Å². The molecule has 0 saturated carbocycles. The molecule has 2 rings (SSSR count). The predicted octanol–water partition coefficient (Wildman–Crippen LogP) is 1.20. The van der Waals surface area contributed by atoms with Gasteiger partial charge < -0.3 is 10.2 Å². The van der Waals surface area contributed by atoms with Crippen molar-refractivity contribution < 1.29 is 9.59 Å². The molecule has 3 amide bonds. The number of aromatic nitrogens is 1. The van der Waals surface area contributed by atoms with Gasteiger partial charge >= 0.3 is 6.03 Å². The van der Waals surface area contributed by atoms with E-state index in [4.69, 9.17) is 0 Å². The molecule has 1 aliphatic heterocycles. The minimum absolute atomic E-state index is 0.255. The molecule has 1 atom stereocenters. The van der Waals surface area contributed by atoms with Crippen molar-refractivity contribution >= 4 is 28.4 Å². The van der Waals surface area contributed by atoms with Crippen molar-refractivity contribution in [2.45, 2.75) is 33.2 Å². The summed E-state index contributed by atoms with van der Waals surface area (Å²) in [7, 11) is 0. The topological polar surface area (TPSA) is 77.6 Å². The van der Waals surface area contributed by atoms with E-state index in [9.17, 15) is 9.59 Å². The maximum absolute atomic E-state index is 12.2. The molecule has 1 aromatic heterocycles. The Labute approximate surface area is 141 Å². The van der Waals surface area contributed by atoms with Gasteiger partial charge in [-0.05, 0) is 27.2 Å². The van der Waals surface area contributed by atoms with Crippen LogP contribution in [0, 0.1) is 6.92 Å². The Morgan fingerprint density at radius 2 is 2.13 bits per heavy atom. The Balaban J connectivity index is 1.89. The van der Waals surface area contributed by atoms with Crippen molar-refractivity contribution in [2.75, 3.05) is 37.6 Å². The maximum atomic E-state index is 12.2. The van der Waals surface area contributed by atoms with Crippen LogP contribution < -0.4 is 15.5 Å². The molecule has 1 aromatic rings. The molecule has 0 bridgehead atoms. The van der Waals surface area contributed by atoms with Gasteiger partial charge in [-0.3, -0.25) is 15.0 Å². The van der Waals surface area contributed by atoms with Gasteiger partial charge in [0.2, 0.25) is 5.91 Å². The minimum Gasteiger partial charge on any atom is -0.347 e. The van der Waals surface area contributed by atoms with Gasteiger partial charge in [-0.2, -0.15) is 0 Å². The predicted molar refractivity (Wildman–Crippen MR) is 91.9 cm³/mol. The monoisotopic (exact) mass is 339 g/mol. The summed E-state index contributed by atoms with van der Waals surface area (Å²) in [6.07, 6.45) is 0.970. The molecular weight excluding hydrogens is 314 g/mol. The number of hydrogen-bond donors (Lipinski definition) is 2. The first-order valence-electron chi connectivity index (χ1n) is 8.01. The van der Waals surface area contributed by atoms with Crippen molar-refractivity contribution in [3.63, 3.8) is 0 Å². The fourth-order valence-electron chi connectivity index (χ4n) is 2.59. The van der Waals surface area contributed by atoms with E-state index in [-0.39, 0.29) is 11.9 Å². The van der Waals surface area contributed by atoms with E-state index in [1.807, 2.05) is 20.8 Å². The summed E-state index contributed by atoms with van der Waals surface area (Å²) >= 11 is 1.66. The lowest BCUT2D eigenvalue weighted by Gasteiger charge is -2.26. The average molecular weight is 339 g/mol. The second kappa shape index (κ2) is 8.26. The highest BCUT2D eigenvalue weighted by Gasteiger charge is 2.25. The van der Waals surface area contributed by atoms with Gasteiger partial charge in [-0.15, -0.1) is 11.3 Å². The van der Waals surface area contributed by atoms with Crippen molar-refractivity contribution in [2.24, 2.45) is 0 Å². The summed E-state index contributed by atoms with van der Waals surface area (Å²) < 4.78 is 0. The lowest BCUT2D eigenvalue weighted by molar-refractivity contribution is -0.124. The maximum Gasteiger partial charge on any atom is 0.321 e. The first kappa shape index (κ1) is 17.7. The number of nitrogens with zero attached hydrogens (tertiary/aromatic N) is 3. The number of rotatable bonds is 4. The van der Waals surface area contributed by atoms with Gasteiger partial charge in [0, 0.05) is 38.1 Å². The fourth-order valence-corrected chi connectivity index (χ4v) is 3.45. The van der Waals surface area contributed by atoms with E-state index in [1.165, 1.54) is 0 Å². The second-order valence-corrected chi connectivity index (χ2v) is 6.51. The Hall–Kier alpha value is -1.67.